The SMILES string of the molecule is C=CCOC(=O)C1=C(C)N=C2SC(CC)C(=O)N2C1c1ccc(Cl)cc1. The van der Waals surface area contributed by atoms with E-state index in [-0.39, 0.29) is 17.8 Å². The summed E-state index contributed by atoms with van der Waals surface area (Å²) < 4.78 is 5.26. The number of esters is 1. The van der Waals surface area contributed by atoms with Gasteiger partial charge >= 0.3 is 5.97 Å². The molecular formula is C19H19ClN2O3S. The third kappa shape index (κ3) is 3.31. The van der Waals surface area contributed by atoms with Crippen molar-refractivity contribution in [2.24, 2.45) is 4.99 Å². The lowest BCUT2D eigenvalue weighted by atomic mass is 9.94. The molecule has 0 N–H and O–H groups in total. The number of benzene rings is 1. The fourth-order valence-electron chi connectivity index (χ4n) is 3.02. The highest BCUT2D eigenvalue weighted by atomic mass is 35.5. The molecule has 1 aromatic rings. The van der Waals surface area contributed by atoms with Crippen LogP contribution in [-0.2, 0) is 14.3 Å². The van der Waals surface area contributed by atoms with Gasteiger partial charge in [-0.3, -0.25) is 9.69 Å². The Bertz CT molecular complexity index is 817. The zero-order chi connectivity index (χ0) is 18.8. The summed E-state index contributed by atoms with van der Waals surface area (Å²) in [5, 5.41) is 1.02. The number of fused-ring (bicyclic) bond motifs is 1. The van der Waals surface area contributed by atoms with E-state index < -0.39 is 12.0 Å². The largest absolute Gasteiger partial charge is 0.458 e. The maximum absolute atomic E-state index is 12.9. The van der Waals surface area contributed by atoms with Crippen molar-refractivity contribution in [1.29, 1.82) is 0 Å². The van der Waals surface area contributed by atoms with Gasteiger partial charge in [0.1, 0.15) is 6.61 Å². The minimum atomic E-state index is -0.575. The van der Waals surface area contributed by atoms with E-state index in [1.165, 1.54) is 17.8 Å². The van der Waals surface area contributed by atoms with Crippen molar-refractivity contribution >= 4 is 40.4 Å². The van der Waals surface area contributed by atoms with E-state index in [2.05, 4.69) is 11.6 Å². The van der Waals surface area contributed by atoms with Crippen molar-refractivity contribution in [2.75, 3.05) is 6.61 Å². The second-order valence-electron chi connectivity index (χ2n) is 5.96. The zero-order valence-electron chi connectivity index (χ0n) is 14.6. The number of rotatable bonds is 5. The van der Waals surface area contributed by atoms with E-state index in [1.807, 2.05) is 19.1 Å². The van der Waals surface area contributed by atoms with Gasteiger partial charge in [0.05, 0.1) is 22.6 Å². The van der Waals surface area contributed by atoms with Crippen LogP contribution in [0.25, 0.3) is 0 Å². The van der Waals surface area contributed by atoms with Gasteiger partial charge in [-0.25, -0.2) is 9.79 Å². The first-order valence-corrected chi connectivity index (χ1v) is 9.56. The van der Waals surface area contributed by atoms with E-state index in [1.54, 1.807) is 24.0 Å². The normalized spacial score (nSPS) is 22.2. The first-order chi connectivity index (χ1) is 12.5. The van der Waals surface area contributed by atoms with Crippen molar-refractivity contribution in [3.8, 4) is 0 Å². The molecule has 5 nitrogen and oxygen atoms in total. The maximum Gasteiger partial charge on any atom is 0.338 e. The van der Waals surface area contributed by atoms with E-state index in [9.17, 15) is 9.59 Å². The molecule has 3 rings (SSSR count). The zero-order valence-corrected chi connectivity index (χ0v) is 16.1. The summed E-state index contributed by atoms with van der Waals surface area (Å²) in [5.74, 6) is -0.541. The van der Waals surface area contributed by atoms with E-state index in [0.717, 1.165) is 5.56 Å². The van der Waals surface area contributed by atoms with Crippen molar-refractivity contribution in [3.63, 3.8) is 0 Å². The topological polar surface area (TPSA) is 59.0 Å². The van der Waals surface area contributed by atoms with Gasteiger partial charge in [-0.15, -0.1) is 0 Å². The second kappa shape index (κ2) is 7.68. The molecule has 7 heteroatoms. The van der Waals surface area contributed by atoms with Crippen molar-refractivity contribution in [2.45, 2.75) is 31.6 Å². The monoisotopic (exact) mass is 390 g/mol. The first kappa shape index (κ1) is 18.7. The summed E-state index contributed by atoms with van der Waals surface area (Å²) in [5.41, 5.74) is 1.71. The summed E-state index contributed by atoms with van der Waals surface area (Å²) in [6.07, 6.45) is 2.20. The summed E-state index contributed by atoms with van der Waals surface area (Å²) in [7, 11) is 0. The number of aliphatic imine (C=N–C) groups is 1. The van der Waals surface area contributed by atoms with Crippen LogP contribution in [0.3, 0.4) is 0 Å². The predicted octanol–water partition coefficient (Wildman–Crippen LogP) is 4.11. The average molecular weight is 391 g/mol. The molecule has 136 valence electrons. The first-order valence-electron chi connectivity index (χ1n) is 8.30. The molecule has 2 aliphatic rings. The van der Waals surface area contributed by atoms with Crippen molar-refractivity contribution in [3.05, 3.63) is 58.8 Å². The standard InChI is InChI=1S/C19H19ClN2O3S/c1-4-10-25-18(24)15-11(3)21-19-22(17(23)14(5-2)26-19)16(15)12-6-8-13(20)9-7-12/h4,6-9,14,16H,1,5,10H2,2-3H3. The number of hydrogen-bond acceptors (Lipinski definition) is 5. The van der Waals surface area contributed by atoms with Crippen LogP contribution < -0.4 is 0 Å². The molecule has 26 heavy (non-hydrogen) atoms. The molecule has 0 spiro atoms. The van der Waals surface area contributed by atoms with Crippen LogP contribution in [0, 0.1) is 0 Å². The predicted molar refractivity (Wildman–Crippen MR) is 104 cm³/mol. The van der Waals surface area contributed by atoms with Gasteiger partial charge in [-0.2, -0.15) is 0 Å². The molecular weight excluding hydrogens is 372 g/mol. The quantitative estimate of drug-likeness (QED) is 0.560. The minimum Gasteiger partial charge on any atom is -0.458 e. The van der Waals surface area contributed by atoms with Gasteiger partial charge in [-0.1, -0.05) is 55.1 Å². The van der Waals surface area contributed by atoms with E-state index in [0.29, 0.717) is 27.9 Å². The maximum atomic E-state index is 12.9. The summed E-state index contributed by atoms with van der Waals surface area (Å²) in [4.78, 5) is 31.7. The Morgan fingerprint density at radius 1 is 1.42 bits per heavy atom. The molecule has 0 aromatic heterocycles. The Kier molecular flexibility index (Phi) is 5.53. The van der Waals surface area contributed by atoms with Crippen LogP contribution in [0.1, 0.15) is 31.9 Å². The number of amidine groups is 1. The number of halogens is 1. The highest BCUT2D eigenvalue weighted by Crippen LogP contribution is 2.44. The Hall–Kier alpha value is -2.05. The van der Waals surface area contributed by atoms with E-state index >= 15 is 0 Å². The molecule has 1 amide bonds. The Morgan fingerprint density at radius 2 is 2.12 bits per heavy atom. The second-order valence-corrected chi connectivity index (χ2v) is 7.56. The molecule has 2 aliphatic heterocycles. The molecule has 0 aliphatic carbocycles. The smallest absolute Gasteiger partial charge is 0.338 e. The molecule has 0 saturated carbocycles. The number of amides is 1. The molecule has 2 atom stereocenters. The highest BCUT2D eigenvalue weighted by molar-refractivity contribution is 8.15. The van der Waals surface area contributed by atoms with Crippen LogP contribution in [0.2, 0.25) is 5.02 Å². The van der Waals surface area contributed by atoms with Crippen LogP contribution in [-0.4, -0.2) is 33.8 Å². The Labute approximate surface area is 161 Å². The lowest BCUT2D eigenvalue weighted by Gasteiger charge is -2.33. The fourth-order valence-corrected chi connectivity index (χ4v) is 4.28. The molecule has 1 fully saturated rings. The molecule has 1 saturated heterocycles. The fraction of sp³-hybridized carbons (Fsp3) is 0.316. The van der Waals surface area contributed by atoms with Crippen LogP contribution in [0.15, 0.2) is 53.2 Å². The molecule has 2 unspecified atom stereocenters. The number of carbonyl (C=O) groups excluding carboxylic acids is 2. The molecule has 0 bridgehead atoms. The number of carbonyl (C=O) groups is 2. The van der Waals surface area contributed by atoms with Gasteiger partial charge in [0, 0.05) is 5.02 Å². The number of ether oxygens (including phenoxy) is 1. The van der Waals surface area contributed by atoms with Crippen LogP contribution in [0.4, 0.5) is 0 Å². The van der Waals surface area contributed by atoms with Gasteiger partial charge in [0.25, 0.3) is 0 Å². The molecule has 1 aromatic carbocycles. The lowest BCUT2D eigenvalue weighted by molar-refractivity contribution is -0.139. The third-order valence-electron chi connectivity index (χ3n) is 4.26. The molecule has 2 heterocycles. The summed E-state index contributed by atoms with van der Waals surface area (Å²) in [6.45, 7) is 7.39. The number of thioether (sulfide) groups is 1. The van der Waals surface area contributed by atoms with Crippen LogP contribution in [0.5, 0.6) is 0 Å². The van der Waals surface area contributed by atoms with E-state index in [4.69, 9.17) is 16.3 Å². The highest BCUT2D eigenvalue weighted by Gasteiger charge is 2.47. The summed E-state index contributed by atoms with van der Waals surface area (Å²) >= 11 is 7.45. The van der Waals surface area contributed by atoms with Gasteiger partial charge < -0.3 is 4.74 Å². The van der Waals surface area contributed by atoms with Crippen molar-refractivity contribution < 1.29 is 14.3 Å². The number of hydrogen-bond donors (Lipinski definition) is 0. The van der Waals surface area contributed by atoms with Crippen molar-refractivity contribution in [1.82, 2.24) is 4.90 Å². The number of nitrogens with zero attached hydrogens (tertiary/aromatic N) is 2. The Balaban J connectivity index is 2.10. The number of allylic oxidation sites excluding steroid dienone is 1. The van der Waals surface area contributed by atoms with Gasteiger partial charge in [0.2, 0.25) is 5.91 Å². The van der Waals surface area contributed by atoms with Crippen LogP contribution >= 0.6 is 23.4 Å². The minimum absolute atomic E-state index is 0.0438. The Morgan fingerprint density at radius 3 is 2.73 bits per heavy atom. The van der Waals surface area contributed by atoms with Gasteiger partial charge in [0.15, 0.2) is 5.17 Å². The summed E-state index contributed by atoms with van der Waals surface area (Å²) in [6, 6.07) is 6.56. The lowest BCUT2D eigenvalue weighted by Crippen LogP contribution is -2.40. The molecule has 0 radical (unpaired) electrons. The van der Waals surface area contributed by atoms with Gasteiger partial charge in [-0.05, 0) is 31.0 Å². The average Bonchev–Trinajstić information content (AvgIpc) is 2.94. The third-order valence-corrected chi connectivity index (χ3v) is 5.83.